The average Bonchev–Trinajstić information content (AvgIpc) is 2.42. The van der Waals surface area contributed by atoms with Gasteiger partial charge in [-0.3, -0.25) is 0 Å². The fourth-order valence-corrected chi connectivity index (χ4v) is 1.90. The molecule has 1 atom stereocenters. The van der Waals surface area contributed by atoms with Crippen LogP contribution in [0, 0.1) is 5.92 Å². The van der Waals surface area contributed by atoms with Crippen LogP contribution in [0.1, 0.15) is 45.1 Å². The molecular weight excluding hydrogens is 242 g/mol. The maximum atomic E-state index is 9.70. The van der Waals surface area contributed by atoms with Gasteiger partial charge in [0.15, 0.2) is 0 Å². The zero-order valence-corrected chi connectivity index (χ0v) is 11.7. The molecule has 19 heavy (non-hydrogen) atoms. The van der Waals surface area contributed by atoms with Crippen LogP contribution in [0.15, 0.2) is 23.4 Å². The lowest BCUT2D eigenvalue weighted by Gasteiger charge is -2.15. The lowest BCUT2D eigenvalue weighted by atomic mass is 10.0. The molecule has 2 N–H and O–H groups in total. The van der Waals surface area contributed by atoms with E-state index in [4.69, 9.17) is 9.94 Å². The molecule has 1 unspecified atom stereocenters. The highest BCUT2D eigenvalue weighted by Crippen LogP contribution is 2.23. The molecule has 0 spiro atoms. The zero-order valence-electron chi connectivity index (χ0n) is 11.7. The number of unbranched alkanes of at least 4 members (excludes halogenated alkanes) is 1. The summed E-state index contributed by atoms with van der Waals surface area (Å²) < 4.78 is 5.70. The van der Waals surface area contributed by atoms with Crippen molar-refractivity contribution in [3.63, 3.8) is 0 Å². The van der Waals surface area contributed by atoms with Gasteiger partial charge >= 0.3 is 0 Å². The van der Waals surface area contributed by atoms with Crippen LogP contribution in [-0.4, -0.2) is 23.1 Å². The first-order chi connectivity index (χ1) is 9.21. The molecule has 106 valence electrons. The van der Waals surface area contributed by atoms with Crippen LogP contribution in [0.25, 0.3) is 0 Å². The quantitative estimate of drug-likeness (QED) is 0.427. The molecule has 1 rings (SSSR count). The van der Waals surface area contributed by atoms with Crippen LogP contribution < -0.4 is 4.74 Å². The number of ether oxygens (including phenoxy) is 1. The average molecular weight is 265 g/mol. The number of nitrogens with zero attached hydrogens (tertiary/aromatic N) is 1. The highest BCUT2D eigenvalue weighted by Gasteiger charge is 2.08. The van der Waals surface area contributed by atoms with Crippen molar-refractivity contribution in [3.05, 3.63) is 23.8 Å². The van der Waals surface area contributed by atoms with E-state index in [2.05, 4.69) is 19.0 Å². The van der Waals surface area contributed by atoms with E-state index < -0.39 is 0 Å². The van der Waals surface area contributed by atoms with Gasteiger partial charge < -0.3 is 15.1 Å². The summed E-state index contributed by atoms with van der Waals surface area (Å²) in [5.74, 6) is 1.25. The van der Waals surface area contributed by atoms with Crippen molar-refractivity contribution in [3.8, 4) is 11.5 Å². The minimum Gasteiger partial charge on any atom is -0.507 e. The molecule has 0 aromatic heterocycles. The number of aromatic hydroxyl groups is 1. The molecule has 0 bridgehead atoms. The smallest absolute Gasteiger partial charge is 0.128 e. The van der Waals surface area contributed by atoms with Crippen molar-refractivity contribution in [2.75, 3.05) is 6.61 Å². The fraction of sp³-hybridized carbons (Fsp3) is 0.533. The fourth-order valence-electron chi connectivity index (χ4n) is 1.90. The minimum atomic E-state index is 0.0527. The van der Waals surface area contributed by atoms with E-state index in [-0.39, 0.29) is 5.75 Å². The largest absolute Gasteiger partial charge is 0.507 e. The molecule has 4 heteroatoms. The first kappa shape index (κ1) is 15.3. The minimum absolute atomic E-state index is 0.0527. The van der Waals surface area contributed by atoms with Crippen LogP contribution in [0.3, 0.4) is 0 Å². The third-order valence-corrected chi connectivity index (χ3v) is 3.23. The summed E-state index contributed by atoms with van der Waals surface area (Å²) in [6.07, 6.45) is 5.89. The summed E-state index contributed by atoms with van der Waals surface area (Å²) in [4.78, 5) is 0. The second kappa shape index (κ2) is 8.40. The van der Waals surface area contributed by atoms with Crippen molar-refractivity contribution >= 4 is 6.21 Å². The summed E-state index contributed by atoms with van der Waals surface area (Å²) in [5.41, 5.74) is 0.466. The van der Waals surface area contributed by atoms with Gasteiger partial charge in [-0.1, -0.05) is 38.3 Å². The molecule has 0 saturated carbocycles. The molecule has 0 fully saturated rings. The highest BCUT2D eigenvalue weighted by atomic mass is 16.5. The summed E-state index contributed by atoms with van der Waals surface area (Å²) in [7, 11) is 0. The Morgan fingerprint density at radius 1 is 1.37 bits per heavy atom. The number of rotatable bonds is 8. The van der Waals surface area contributed by atoms with Crippen molar-refractivity contribution in [1.29, 1.82) is 0 Å². The standard InChI is InChI=1S/C15H23NO3/c1-3-5-6-12(4-2)11-19-14-8-7-13(10-16-18)15(17)9-14/h7-10,12,17-18H,3-6,11H2,1-2H3/b16-10-. The summed E-state index contributed by atoms with van der Waals surface area (Å²) >= 11 is 0. The normalized spacial score (nSPS) is 12.7. The summed E-state index contributed by atoms with van der Waals surface area (Å²) in [6, 6.07) is 4.98. The molecule has 0 heterocycles. The molecule has 0 aliphatic carbocycles. The van der Waals surface area contributed by atoms with Gasteiger partial charge in [0, 0.05) is 11.6 Å². The van der Waals surface area contributed by atoms with E-state index in [0.717, 1.165) is 6.42 Å². The molecular formula is C15H23NO3. The van der Waals surface area contributed by atoms with Gasteiger partial charge in [0.05, 0.1) is 12.8 Å². The Bertz CT molecular complexity index is 404. The predicted octanol–water partition coefficient (Wildman–Crippen LogP) is 3.80. The van der Waals surface area contributed by atoms with Crippen LogP contribution in [0.5, 0.6) is 11.5 Å². The molecule has 1 aromatic carbocycles. The van der Waals surface area contributed by atoms with Gasteiger partial charge in [-0.2, -0.15) is 0 Å². The van der Waals surface area contributed by atoms with Crippen molar-refractivity contribution in [2.24, 2.45) is 11.1 Å². The van der Waals surface area contributed by atoms with Gasteiger partial charge in [-0.05, 0) is 24.5 Å². The van der Waals surface area contributed by atoms with Gasteiger partial charge in [-0.25, -0.2) is 0 Å². The van der Waals surface area contributed by atoms with E-state index in [1.54, 1.807) is 18.2 Å². The Morgan fingerprint density at radius 2 is 2.16 bits per heavy atom. The van der Waals surface area contributed by atoms with Crippen LogP contribution >= 0.6 is 0 Å². The number of hydrogen-bond donors (Lipinski definition) is 2. The summed E-state index contributed by atoms with van der Waals surface area (Å²) in [6.45, 7) is 5.03. The maximum absolute atomic E-state index is 9.70. The monoisotopic (exact) mass is 265 g/mol. The van der Waals surface area contributed by atoms with E-state index in [1.807, 2.05) is 0 Å². The Kier molecular flexibility index (Phi) is 6.79. The summed E-state index contributed by atoms with van der Waals surface area (Å²) in [5, 5.41) is 21.0. The Hall–Kier alpha value is -1.71. The van der Waals surface area contributed by atoms with Crippen molar-refractivity contribution < 1.29 is 15.1 Å². The topological polar surface area (TPSA) is 62.0 Å². The molecule has 0 saturated heterocycles. The van der Waals surface area contributed by atoms with E-state index in [0.29, 0.717) is 23.8 Å². The molecule has 0 amide bonds. The third kappa shape index (κ3) is 5.20. The van der Waals surface area contributed by atoms with Crippen LogP contribution in [0.2, 0.25) is 0 Å². The van der Waals surface area contributed by atoms with Gasteiger partial charge in [0.25, 0.3) is 0 Å². The van der Waals surface area contributed by atoms with E-state index >= 15 is 0 Å². The predicted molar refractivity (Wildman–Crippen MR) is 76.3 cm³/mol. The number of hydrogen-bond acceptors (Lipinski definition) is 4. The van der Waals surface area contributed by atoms with Crippen molar-refractivity contribution in [1.82, 2.24) is 0 Å². The van der Waals surface area contributed by atoms with E-state index in [9.17, 15) is 5.11 Å². The Labute approximate surface area is 114 Å². The Morgan fingerprint density at radius 3 is 2.74 bits per heavy atom. The van der Waals surface area contributed by atoms with Gasteiger partial charge in [0.1, 0.15) is 11.5 Å². The number of phenols is 1. The maximum Gasteiger partial charge on any atom is 0.128 e. The van der Waals surface area contributed by atoms with Gasteiger partial charge in [-0.15, -0.1) is 0 Å². The third-order valence-electron chi connectivity index (χ3n) is 3.23. The van der Waals surface area contributed by atoms with Gasteiger partial charge in [0.2, 0.25) is 0 Å². The SMILES string of the molecule is CCCCC(CC)COc1ccc(/C=N\O)c(O)c1. The molecule has 4 nitrogen and oxygen atoms in total. The second-order valence-electron chi connectivity index (χ2n) is 4.69. The zero-order chi connectivity index (χ0) is 14.1. The first-order valence-corrected chi connectivity index (χ1v) is 6.84. The van der Waals surface area contributed by atoms with Crippen LogP contribution in [0.4, 0.5) is 0 Å². The number of benzene rings is 1. The lowest BCUT2D eigenvalue weighted by molar-refractivity contribution is 0.232. The molecule has 0 radical (unpaired) electrons. The molecule has 0 aliphatic rings. The first-order valence-electron chi connectivity index (χ1n) is 6.84. The lowest BCUT2D eigenvalue weighted by Crippen LogP contribution is -2.11. The number of oxime groups is 1. The van der Waals surface area contributed by atoms with Crippen LogP contribution in [-0.2, 0) is 0 Å². The Balaban J connectivity index is 2.55. The van der Waals surface area contributed by atoms with E-state index in [1.165, 1.54) is 25.5 Å². The van der Waals surface area contributed by atoms with Crippen molar-refractivity contribution in [2.45, 2.75) is 39.5 Å². The number of phenolic OH excluding ortho intramolecular Hbond substituents is 1. The molecule has 0 aliphatic heterocycles. The molecule has 1 aromatic rings. The highest BCUT2D eigenvalue weighted by molar-refractivity contribution is 5.83. The second-order valence-corrected chi connectivity index (χ2v) is 4.69.